The van der Waals surface area contributed by atoms with Gasteiger partial charge in [-0.3, -0.25) is 0 Å². The van der Waals surface area contributed by atoms with Crippen molar-refractivity contribution < 1.29 is 23.1 Å². The van der Waals surface area contributed by atoms with Gasteiger partial charge >= 0.3 is 5.97 Å². The topological polar surface area (TPSA) is 87.1 Å². The molecule has 2 aliphatic rings. The van der Waals surface area contributed by atoms with Crippen molar-refractivity contribution in [2.75, 3.05) is 19.7 Å². The fourth-order valence-electron chi connectivity index (χ4n) is 2.86. The highest BCUT2D eigenvalue weighted by molar-refractivity contribution is 7.86. The lowest BCUT2D eigenvalue weighted by Gasteiger charge is -2.23. The van der Waals surface area contributed by atoms with Crippen LogP contribution in [0.15, 0.2) is 24.3 Å². The maximum Gasteiger partial charge on any atom is 0.329 e. The molecule has 0 aromatic heterocycles. The molecule has 7 nitrogen and oxygen atoms in total. The Morgan fingerprint density at radius 1 is 1.23 bits per heavy atom. The standard InChI is InChI=1S/C14H18N2O5S/c17-14(18)10-21-13-5-6-15(9-13)22(19,20)16-7-11-3-1-2-4-12(11)8-16/h1-4,13H,5-10H2,(H,17,18)/t13-/m0/s1. The molecule has 0 spiro atoms. The Balaban J connectivity index is 1.64. The molecule has 0 unspecified atom stereocenters. The normalized spacial score (nSPS) is 22.8. The summed E-state index contributed by atoms with van der Waals surface area (Å²) in [7, 11) is -3.54. The Hall–Kier alpha value is -1.48. The lowest BCUT2D eigenvalue weighted by atomic mass is 10.1. The van der Waals surface area contributed by atoms with Crippen molar-refractivity contribution in [1.29, 1.82) is 0 Å². The van der Waals surface area contributed by atoms with E-state index in [0.717, 1.165) is 11.1 Å². The summed E-state index contributed by atoms with van der Waals surface area (Å²) in [5.74, 6) is -1.05. The molecular weight excluding hydrogens is 308 g/mol. The zero-order valence-electron chi connectivity index (χ0n) is 12.0. The Kier molecular flexibility index (Phi) is 4.18. The zero-order valence-corrected chi connectivity index (χ0v) is 12.8. The molecule has 1 atom stereocenters. The Bertz CT molecular complexity index is 651. The number of hydrogen-bond donors (Lipinski definition) is 1. The summed E-state index contributed by atoms with van der Waals surface area (Å²) in [4.78, 5) is 10.5. The lowest BCUT2D eigenvalue weighted by Crippen LogP contribution is -2.40. The van der Waals surface area contributed by atoms with Gasteiger partial charge in [-0.2, -0.15) is 17.0 Å². The highest BCUT2D eigenvalue weighted by Crippen LogP contribution is 2.28. The molecule has 0 bridgehead atoms. The second-order valence-electron chi connectivity index (χ2n) is 5.52. The summed E-state index contributed by atoms with van der Waals surface area (Å²) < 4.78 is 33.4. The summed E-state index contributed by atoms with van der Waals surface area (Å²) in [6.07, 6.45) is 0.170. The minimum Gasteiger partial charge on any atom is -0.480 e. The number of rotatable bonds is 5. The Labute approximate surface area is 129 Å². The van der Waals surface area contributed by atoms with Gasteiger partial charge in [0, 0.05) is 26.2 Å². The Morgan fingerprint density at radius 2 is 1.86 bits per heavy atom. The van der Waals surface area contributed by atoms with E-state index < -0.39 is 22.8 Å². The third-order valence-electron chi connectivity index (χ3n) is 4.01. The number of benzene rings is 1. The molecule has 0 amide bonds. The van der Waals surface area contributed by atoms with E-state index in [1.807, 2.05) is 24.3 Å². The second kappa shape index (κ2) is 5.96. The van der Waals surface area contributed by atoms with Gasteiger partial charge in [0.25, 0.3) is 10.2 Å². The molecule has 1 N–H and O–H groups in total. The number of carboxylic acids is 1. The van der Waals surface area contributed by atoms with Crippen molar-refractivity contribution in [1.82, 2.24) is 8.61 Å². The minimum atomic E-state index is -3.54. The van der Waals surface area contributed by atoms with Gasteiger partial charge in [0.1, 0.15) is 6.61 Å². The first-order valence-corrected chi connectivity index (χ1v) is 8.52. The average Bonchev–Trinajstić information content (AvgIpc) is 3.12. The van der Waals surface area contributed by atoms with Crippen molar-refractivity contribution in [3.63, 3.8) is 0 Å². The second-order valence-corrected chi connectivity index (χ2v) is 7.45. The van der Waals surface area contributed by atoms with E-state index in [0.29, 0.717) is 26.1 Å². The van der Waals surface area contributed by atoms with Crippen LogP contribution in [0.1, 0.15) is 17.5 Å². The molecule has 3 rings (SSSR count). The zero-order chi connectivity index (χ0) is 15.7. The van der Waals surface area contributed by atoms with Crippen molar-refractivity contribution in [3.8, 4) is 0 Å². The fraction of sp³-hybridized carbons (Fsp3) is 0.500. The molecule has 120 valence electrons. The average molecular weight is 326 g/mol. The molecule has 2 aliphatic heterocycles. The maximum atomic E-state index is 12.7. The minimum absolute atomic E-state index is 0.211. The van der Waals surface area contributed by atoms with Crippen LogP contribution in [0.3, 0.4) is 0 Å². The van der Waals surface area contributed by atoms with Gasteiger partial charge in [-0.25, -0.2) is 4.79 Å². The molecule has 1 aromatic rings. The van der Waals surface area contributed by atoms with Gasteiger partial charge in [-0.1, -0.05) is 24.3 Å². The van der Waals surface area contributed by atoms with Gasteiger partial charge < -0.3 is 9.84 Å². The van der Waals surface area contributed by atoms with Crippen LogP contribution in [0.2, 0.25) is 0 Å². The van der Waals surface area contributed by atoms with Crippen molar-refractivity contribution in [3.05, 3.63) is 35.4 Å². The predicted octanol–water partition coefficient (Wildman–Crippen LogP) is 0.423. The van der Waals surface area contributed by atoms with E-state index in [9.17, 15) is 13.2 Å². The molecule has 1 aromatic carbocycles. The third kappa shape index (κ3) is 3.00. The van der Waals surface area contributed by atoms with Crippen LogP contribution in [0, 0.1) is 0 Å². The van der Waals surface area contributed by atoms with Crippen LogP contribution in [0.5, 0.6) is 0 Å². The first-order chi connectivity index (χ1) is 10.5. The largest absolute Gasteiger partial charge is 0.480 e. The van der Waals surface area contributed by atoms with Crippen molar-refractivity contribution in [2.45, 2.75) is 25.6 Å². The van der Waals surface area contributed by atoms with Crippen LogP contribution in [-0.4, -0.2) is 53.9 Å². The van der Waals surface area contributed by atoms with E-state index in [1.165, 1.54) is 8.61 Å². The highest BCUT2D eigenvalue weighted by Gasteiger charge is 2.38. The number of fused-ring (bicyclic) bond motifs is 1. The van der Waals surface area contributed by atoms with Crippen LogP contribution in [-0.2, 0) is 32.8 Å². The monoisotopic (exact) mass is 326 g/mol. The van der Waals surface area contributed by atoms with E-state index in [4.69, 9.17) is 9.84 Å². The number of aliphatic carboxylic acids is 1. The summed E-state index contributed by atoms with van der Waals surface area (Å²) in [5, 5.41) is 8.61. The summed E-state index contributed by atoms with van der Waals surface area (Å²) in [6, 6.07) is 7.68. The van der Waals surface area contributed by atoms with E-state index in [1.54, 1.807) is 0 Å². The number of carbonyl (C=O) groups is 1. The first kappa shape index (κ1) is 15.4. The molecule has 0 saturated carbocycles. The third-order valence-corrected chi connectivity index (χ3v) is 5.91. The SMILES string of the molecule is O=C(O)CO[C@H]1CCN(S(=O)(=O)N2Cc3ccccc3C2)C1. The summed E-state index contributed by atoms with van der Waals surface area (Å²) in [5.41, 5.74) is 2.06. The maximum absolute atomic E-state index is 12.7. The van der Waals surface area contributed by atoms with Gasteiger partial charge in [0.05, 0.1) is 6.10 Å². The Morgan fingerprint density at radius 3 is 2.45 bits per heavy atom. The van der Waals surface area contributed by atoms with E-state index in [2.05, 4.69) is 0 Å². The van der Waals surface area contributed by atoms with Gasteiger partial charge in [-0.05, 0) is 17.5 Å². The first-order valence-electron chi connectivity index (χ1n) is 7.12. The number of carboxylic acid groups (broad SMARTS) is 1. The van der Waals surface area contributed by atoms with Crippen LogP contribution in [0.25, 0.3) is 0 Å². The van der Waals surface area contributed by atoms with Crippen molar-refractivity contribution >= 4 is 16.2 Å². The smallest absolute Gasteiger partial charge is 0.329 e. The fourth-order valence-corrected chi connectivity index (χ4v) is 4.48. The lowest BCUT2D eigenvalue weighted by molar-refractivity contribution is -0.144. The van der Waals surface area contributed by atoms with E-state index >= 15 is 0 Å². The van der Waals surface area contributed by atoms with Crippen LogP contribution < -0.4 is 0 Å². The van der Waals surface area contributed by atoms with Gasteiger partial charge in [-0.15, -0.1) is 0 Å². The molecule has 8 heteroatoms. The highest BCUT2D eigenvalue weighted by atomic mass is 32.2. The molecule has 0 aliphatic carbocycles. The van der Waals surface area contributed by atoms with Crippen LogP contribution >= 0.6 is 0 Å². The molecule has 22 heavy (non-hydrogen) atoms. The number of ether oxygens (including phenoxy) is 1. The van der Waals surface area contributed by atoms with Gasteiger partial charge in [0.2, 0.25) is 0 Å². The molecular formula is C14H18N2O5S. The molecule has 2 heterocycles. The summed E-state index contributed by atoms with van der Waals surface area (Å²) >= 11 is 0. The molecule has 0 radical (unpaired) electrons. The summed E-state index contributed by atoms with van der Waals surface area (Å²) in [6.45, 7) is 0.945. The number of hydrogen-bond acceptors (Lipinski definition) is 4. The van der Waals surface area contributed by atoms with E-state index in [-0.39, 0.29) is 12.6 Å². The molecule has 1 saturated heterocycles. The predicted molar refractivity (Wildman–Crippen MR) is 78.2 cm³/mol. The quantitative estimate of drug-likeness (QED) is 0.847. The molecule has 1 fully saturated rings. The van der Waals surface area contributed by atoms with Crippen molar-refractivity contribution in [2.24, 2.45) is 0 Å². The van der Waals surface area contributed by atoms with Crippen LogP contribution in [0.4, 0.5) is 0 Å². The van der Waals surface area contributed by atoms with Gasteiger partial charge in [0.15, 0.2) is 0 Å². The number of nitrogens with zero attached hydrogens (tertiary/aromatic N) is 2.